The fourth-order valence-corrected chi connectivity index (χ4v) is 2.83. The number of hydrogen-bond acceptors (Lipinski definition) is 5. The molecule has 3 aromatic rings. The van der Waals surface area contributed by atoms with Crippen LogP contribution in [0.1, 0.15) is 5.56 Å². The average Bonchev–Trinajstić information content (AvgIpc) is 2.97. The molecule has 2 N–H and O–H groups in total. The molecule has 0 fully saturated rings. The van der Waals surface area contributed by atoms with Crippen LogP contribution in [0, 0.1) is 5.82 Å². The lowest BCUT2D eigenvalue weighted by Gasteiger charge is -2.12. The van der Waals surface area contributed by atoms with E-state index in [0.29, 0.717) is 18.1 Å². The highest BCUT2D eigenvalue weighted by Crippen LogP contribution is 2.32. The number of nitrogens with two attached hydrogens (primary N) is 1. The van der Waals surface area contributed by atoms with E-state index in [1.807, 2.05) is 18.2 Å². The Labute approximate surface area is 124 Å². The standard InChI is InChI=1S/C15H13FN2O2S/c1-19-13-5-10(16)11(17)6-14(13)20-7-9-3-2-4-12-15(9)21-8-18-12/h2-6,8H,7,17H2,1H3. The highest BCUT2D eigenvalue weighted by atomic mass is 32.1. The number of nitrogens with zero attached hydrogens (tertiary/aromatic N) is 1. The van der Waals surface area contributed by atoms with E-state index in [0.717, 1.165) is 15.8 Å². The van der Waals surface area contributed by atoms with Crippen molar-refractivity contribution < 1.29 is 13.9 Å². The first kappa shape index (κ1) is 13.6. The van der Waals surface area contributed by atoms with Gasteiger partial charge >= 0.3 is 0 Å². The van der Waals surface area contributed by atoms with E-state index >= 15 is 0 Å². The predicted molar refractivity (Wildman–Crippen MR) is 81.3 cm³/mol. The van der Waals surface area contributed by atoms with Crippen molar-refractivity contribution in [3.8, 4) is 11.5 Å². The number of rotatable bonds is 4. The lowest BCUT2D eigenvalue weighted by Crippen LogP contribution is -2.00. The molecule has 0 bridgehead atoms. The lowest BCUT2D eigenvalue weighted by atomic mass is 10.2. The van der Waals surface area contributed by atoms with Crippen LogP contribution in [-0.4, -0.2) is 12.1 Å². The molecule has 1 heterocycles. The van der Waals surface area contributed by atoms with Crippen LogP contribution >= 0.6 is 11.3 Å². The molecule has 4 nitrogen and oxygen atoms in total. The van der Waals surface area contributed by atoms with Gasteiger partial charge in [-0.15, -0.1) is 11.3 Å². The van der Waals surface area contributed by atoms with Gasteiger partial charge in [0.25, 0.3) is 0 Å². The summed E-state index contributed by atoms with van der Waals surface area (Å²) in [5, 5.41) is 0. The fraction of sp³-hybridized carbons (Fsp3) is 0.133. The summed E-state index contributed by atoms with van der Waals surface area (Å²) in [5.74, 6) is 0.208. The lowest BCUT2D eigenvalue weighted by molar-refractivity contribution is 0.285. The predicted octanol–water partition coefficient (Wildman–Crippen LogP) is 3.61. The highest BCUT2D eigenvalue weighted by Gasteiger charge is 2.11. The van der Waals surface area contributed by atoms with E-state index in [1.165, 1.54) is 19.2 Å². The number of thiazole rings is 1. The second-order valence-corrected chi connectivity index (χ2v) is 5.29. The topological polar surface area (TPSA) is 57.4 Å². The number of aromatic nitrogens is 1. The third kappa shape index (κ3) is 2.62. The summed E-state index contributed by atoms with van der Waals surface area (Å²) >= 11 is 1.56. The molecule has 0 aliphatic heterocycles. The molecule has 6 heteroatoms. The van der Waals surface area contributed by atoms with Crippen LogP contribution < -0.4 is 15.2 Å². The molecule has 2 aromatic carbocycles. The number of halogens is 1. The Morgan fingerprint density at radius 3 is 2.95 bits per heavy atom. The molecule has 0 aliphatic carbocycles. The molecule has 0 unspecified atom stereocenters. The van der Waals surface area contributed by atoms with Crippen molar-refractivity contribution in [1.82, 2.24) is 4.98 Å². The Hall–Kier alpha value is -2.34. The molecule has 0 saturated carbocycles. The summed E-state index contributed by atoms with van der Waals surface area (Å²) in [6, 6.07) is 8.50. The smallest absolute Gasteiger partial charge is 0.163 e. The van der Waals surface area contributed by atoms with Gasteiger partial charge in [0.15, 0.2) is 11.5 Å². The number of nitrogen functional groups attached to an aromatic ring is 1. The zero-order valence-electron chi connectivity index (χ0n) is 11.3. The van der Waals surface area contributed by atoms with E-state index in [-0.39, 0.29) is 5.69 Å². The van der Waals surface area contributed by atoms with Gasteiger partial charge in [-0.2, -0.15) is 0 Å². The maximum atomic E-state index is 13.4. The minimum Gasteiger partial charge on any atom is -0.493 e. The molecule has 0 spiro atoms. The van der Waals surface area contributed by atoms with Crippen LogP contribution in [0.2, 0.25) is 0 Å². The maximum absolute atomic E-state index is 13.4. The summed E-state index contributed by atoms with van der Waals surface area (Å²) in [7, 11) is 1.46. The normalized spacial score (nSPS) is 10.8. The first-order chi connectivity index (χ1) is 10.2. The number of benzene rings is 2. The van der Waals surface area contributed by atoms with Crippen molar-refractivity contribution in [1.29, 1.82) is 0 Å². The van der Waals surface area contributed by atoms with E-state index < -0.39 is 5.82 Å². The molecular weight excluding hydrogens is 291 g/mol. The van der Waals surface area contributed by atoms with Crippen molar-refractivity contribution in [2.24, 2.45) is 0 Å². The molecule has 21 heavy (non-hydrogen) atoms. The monoisotopic (exact) mass is 304 g/mol. The summed E-state index contributed by atoms with van der Waals surface area (Å²) in [5.41, 5.74) is 9.34. The van der Waals surface area contributed by atoms with E-state index in [2.05, 4.69) is 4.98 Å². The Kier molecular flexibility index (Phi) is 3.62. The van der Waals surface area contributed by atoms with E-state index in [4.69, 9.17) is 15.2 Å². The zero-order chi connectivity index (χ0) is 14.8. The quantitative estimate of drug-likeness (QED) is 0.748. The summed E-state index contributed by atoms with van der Waals surface area (Å²) in [4.78, 5) is 4.26. The van der Waals surface area contributed by atoms with Gasteiger partial charge in [-0.25, -0.2) is 9.37 Å². The minimum atomic E-state index is -0.524. The van der Waals surface area contributed by atoms with Crippen molar-refractivity contribution >= 4 is 27.2 Å². The highest BCUT2D eigenvalue weighted by molar-refractivity contribution is 7.16. The van der Waals surface area contributed by atoms with E-state index in [9.17, 15) is 4.39 Å². The van der Waals surface area contributed by atoms with Crippen LogP contribution in [0.4, 0.5) is 10.1 Å². The Bertz CT molecular complexity index is 788. The van der Waals surface area contributed by atoms with Crippen molar-refractivity contribution in [2.45, 2.75) is 6.61 Å². The molecule has 0 radical (unpaired) electrons. The molecule has 1 aromatic heterocycles. The molecule has 108 valence electrons. The van der Waals surface area contributed by atoms with Crippen LogP contribution in [0.25, 0.3) is 10.2 Å². The van der Waals surface area contributed by atoms with Gasteiger partial charge in [0, 0.05) is 17.7 Å². The van der Waals surface area contributed by atoms with Crippen molar-refractivity contribution in [3.05, 3.63) is 47.2 Å². The van der Waals surface area contributed by atoms with Crippen LogP contribution in [0.15, 0.2) is 35.8 Å². The van der Waals surface area contributed by atoms with Crippen molar-refractivity contribution in [3.63, 3.8) is 0 Å². The zero-order valence-corrected chi connectivity index (χ0v) is 12.1. The van der Waals surface area contributed by atoms with Crippen LogP contribution in [0.3, 0.4) is 0 Å². The second kappa shape index (κ2) is 5.57. The summed E-state index contributed by atoms with van der Waals surface area (Å²) in [6.45, 7) is 0.334. The largest absolute Gasteiger partial charge is 0.493 e. The molecular formula is C15H13FN2O2S. The maximum Gasteiger partial charge on any atom is 0.163 e. The van der Waals surface area contributed by atoms with Gasteiger partial charge in [0.1, 0.15) is 12.4 Å². The molecule has 3 rings (SSSR count). The van der Waals surface area contributed by atoms with Gasteiger partial charge < -0.3 is 15.2 Å². The number of methoxy groups -OCH3 is 1. The number of hydrogen-bond donors (Lipinski definition) is 1. The Balaban J connectivity index is 1.88. The molecule has 0 aliphatic rings. The van der Waals surface area contributed by atoms with Crippen LogP contribution in [-0.2, 0) is 6.61 Å². The fourth-order valence-electron chi connectivity index (χ4n) is 2.04. The van der Waals surface area contributed by atoms with Gasteiger partial charge in [0.05, 0.1) is 28.5 Å². The van der Waals surface area contributed by atoms with Crippen molar-refractivity contribution in [2.75, 3.05) is 12.8 Å². The third-order valence-electron chi connectivity index (χ3n) is 3.10. The van der Waals surface area contributed by atoms with Gasteiger partial charge in [-0.05, 0) is 6.07 Å². The van der Waals surface area contributed by atoms with Crippen LogP contribution in [0.5, 0.6) is 11.5 Å². The first-order valence-corrected chi connectivity index (χ1v) is 7.14. The van der Waals surface area contributed by atoms with E-state index in [1.54, 1.807) is 16.8 Å². The second-order valence-electron chi connectivity index (χ2n) is 4.43. The third-order valence-corrected chi connectivity index (χ3v) is 4.02. The Morgan fingerprint density at radius 2 is 2.14 bits per heavy atom. The number of fused-ring (bicyclic) bond motifs is 1. The average molecular weight is 304 g/mol. The summed E-state index contributed by atoms with van der Waals surface area (Å²) in [6.07, 6.45) is 0. The number of anilines is 1. The van der Waals surface area contributed by atoms with Gasteiger partial charge in [0.2, 0.25) is 0 Å². The number of ether oxygens (including phenoxy) is 2. The minimum absolute atomic E-state index is 0.0294. The van der Waals surface area contributed by atoms with Gasteiger partial charge in [-0.3, -0.25) is 0 Å². The molecule has 0 atom stereocenters. The van der Waals surface area contributed by atoms with Gasteiger partial charge in [-0.1, -0.05) is 12.1 Å². The summed E-state index contributed by atoms with van der Waals surface area (Å²) < 4.78 is 25.3. The Morgan fingerprint density at radius 1 is 1.29 bits per heavy atom. The molecule has 0 amide bonds. The first-order valence-electron chi connectivity index (χ1n) is 6.26. The SMILES string of the molecule is COc1cc(F)c(N)cc1OCc1cccc2ncsc12. The molecule has 0 saturated heterocycles.